The van der Waals surface area contributed by atoms with Crippen molar-refractivity contribution in [1.29, 1.82) is 0 Å². The van der Waals surface area contributed by atoms with Gasteiger partial charge in [-0.05, 0) is 42.5 Å². The van der Waals surface area contributed by atoms with E-state index in [0.29, 0.717) is 17.2 Å². The lowest BCUT2D eigenvalue weighted by atomic mass is 10.1. The summed E-state index contributed by atoms with van der Waals surface area (Å²) in [6.07, 6.45) is -3.07. The average Bonchev–Trinajstić information content (AvgIpc) is 3.25. The van der Waals surface area contributed by atoms with Crippen molar-refractivity contribution in [2.45, 2.75) is 6.18 Å². The molecular formula is C18H11F3O4. The van der Waals surface area contributed by atoms with Crippen LogP contribution in [0, 0.1) is 0 Å². The Bertz CT molecular complexity index is 901. The summed E-state index contributed by atoms with van der Waals surface area (Å²) in [5.74, 6) is 2.04. The van der Waals surface area contributed by atoms with Crippen molar-refractivity contribution in [3.05, 3.63) is 60.4 Å². The number of benzene rings is 2. The summed E-state index contributed by atoms with van der Waals surface area (Å²) >= 11 is 0. The van der Waals surface area contributed by atoms with Gasteiger partial charge < -0.3 is 18.6 Å². The molecule has 1 aromatic heterocycles. The average molecular weight is 348 g/mol. The summed E-state index contributed by atoms with van der Waals surface area (Å²) in [6.45, 7) is 0.122. The Morgan fingerprint density at radius 2 is 1.76 bits per heavy atom. The zero-order valence-electron chi connectivity index (χ0n) is 12.7. The molecule has 0 bridgehead atoms. The minimum absolute atomic E-state index is 0.122. The molecule has 0 aliphatic carbocycles. The van der Waals surface area contributed by atoms with Gasteiger partial charge in [0.25, 0.3) is 0 Å². The van der Waals surface area contributed by atoms with Gasteiger partial charge in [-0.15, -0.1) is 0 Å². The summed E-state index contributed by atoms with van der Waals surface area (Å²) in [6, 6.07) is 11.3. The lowest BCUT2D eigenvalue weighted by Crippen LogP contribution is -2.05. The standard InChI is InChI=1S/C18H11F3O4/c19-18(20,21)11-3-5-15(13(8-11)14-2-1-7-22-14)25-12-4-6-16-17(9-12)24-10-23-16/h1-9H,10H2. The van der Waals surface area contributed by atoms with Gasteiger partial charge in [0.15, 0.2) is 11.5 Å². The molecule has 3 aromatic rings. The SMILES string of the molecule is FC(F)(F)c1ccc(Oc2ccc3c(c2)OCO3)c(-c2ccco2)c1. The normalized spacial score (nSPS) is 13.1. The van der Waals surface area contributed by atoms with Crippen molar-refractivity contribution in [3.63, 3.8) is 0 Å². The Morgan fingerprint density at radius 1 is 0.920 bits per heavy atom. The van der Waals surface area contributed by atoms with E-state index in [-0.39, 0.29) is 23.9 Å². The van der Waals surface area contributed by atoms with E-state index in [1.54, 1.807) is 30.3 Å². The molecule has 1 aliphatic heterocycles. The van der Waals surface area contributed by atoms with Crippen molar-refractivity contribution in [3.8, 4) is 34.3 Å². The van der Waals surface area contributed by atoms with Crippen LogP contribution in [0.3, 0.4) is 0 Å². The number of hydrogen-bond donors (Lipinski definition) is 0. The first-order valence-electron chi connectivity index (χ1n) is 7.33. The summed E-state index contributed by atoms with van der Waals surface area (Å²) in [5, 5.41) is 0. The number of alkyl halides is 3. The molecule has 0 fully saturated rings. The number of rotatable bonds is 3. The molecule has 1 aliphatic rings. The Morgan fingerprint density at radius 3 is 2.52 bits per heavy atom. The van der Waals surface area contributed by atoms with Crippen LogP contribution >= 0.6 is 0 Å². The first kappa shape index (κ1) is 15.4. The van der Waals surface area contributed by atoms with E-state index in [0.717, 1.165) is 12.1 Å². The van der Waals surface area contributed by atoms with Crippen molar-refractivity contribution >= 4 is 0 Å². The smallest absolute Gasteiger partial charge is 0.416 e. The van der Waals surface area contributed by atoms with Crippen molar-refractivity contribution < 1.29 is 31.8 Å². The number of halogens is 3. The van der Waals surface area contributed by atoms with E-state index in [1.165, 1.54) is 12.3 Å². The van der Waals surface area contributed by atoms with Gasteiger partial charge in [0.05, 0.1) is 17.4 Å². The van der Waals surface area contributed by atoms with Gasteiger partial charge in [-0.3, -0.25) is 0 Å². The third kappa shape index (κ3) is 3.00. The molecule has 0 amide bonds. The largest absolute Gasteiger partial charge is 0.464 e. The quantitative estimate of drug-likeness (QED) is 0.628. The number of furan rings is 1. The van der Waals surface area contributed by atoms with Crippen molar-refractivity contribution in [1.82, 2.24) is 0 Å². The second-order valence-electron chi connectivity index (χ2n) is 5.30. The molecule has 25 heavy (non-hydrogen) atoms. The Labute approximate surface area is 140 Å². The highest BCUT2D eigenvalue weighted by molar-refractivity contribution is 5.68. The van der Waals surface area contributed by atoms with Gasteiger partial charge in [0.2, 0.25) is 6.79 Å². The molecule has 2 heterocycles. The number of ether oxygens (including phenoxy) is 3. The molecule has 7 heteroatoms. The van der Waals surface area contributed by atoms with Crippen LogP contribution < -0.4 is 14.2 Å². The fraction of sp³-hybridized carbons (Fsp3) is 0.111. The Hall–Kier alpha value is -3.09. The highest BCUT2D eigenvalue weighted by Gasteiger charge is 2.31. The first-order valence-corrected chi connectivity index (χ1v) is 7.33. The van der Waals surface area contributed by atoms with E-state index >= 15 is 0 Å². The summed E-state index contributed by atoms with van der Waals surface area (Å²) in [7, 11) is 0. The minimum Gasteiger partial charge on any atom is -0.464 e. The zero-order valence-corrected chi connectivity index (χ0v) is 12.7. The van der Waals surface area contributed by atoms with E-state index in [2.05, 4.69) is 0 Å². The third-order valence-corrected chi connectivity index (χ3v) is 3.67. The maximum Gasteiger partial charge on any atom is 0.416 e. The molecule has 0 spiro atoms. The fourth-order valence-corrected chi connectivity index (χ4v) is 2.49. The highest BCUT2D eigenvalue weighted by Crippen LogP contribution is 2.41. The molecular weight excluding hydrogens is 337 g/mol. The van der Waals surface area contributed by atoms with Gasteiger partial charge >= 0.3 is 6.18 Å². The molecule has 0 saturated carbocycles. The highest BCUT2D eigenvalue weighted by atomic mass is 19.4. The summed E-state index contributed by atoms with van der Waals surface area (Å²) < 4.78 is 60.6. The number of hydrogen-bond acceptors (Lipinski definition) is 4. The van der Waals surface area contributed by atoms with Gasteiger partial charge in [-0.1, -0.05) is 0 Å². The molecule has 4 rings (SSSR count). The monoisotopic (exact) mass is 348 g/mol. The van der Waals surface area contributed by atoms with E-state index in [9.17, 15) is 13.2 Å². The fourth-order valence-electron chi connectivity index (χ4n) is 2.49. The Kier molecular flexibility index (Phi) is 3.56. The molecule has 128 valence electrons. The Balaban J connectivity index is 1.73. The lowest BCUT2D eigenvalue weighted by Gasteiger charge is -2.13. The van der Waals surface area contributed by atoms with Crippen LogP contribution in [0.15, 0.2) is 59.2 Å². The van der Waals surface area contributed by atoms with Crippen LogP contribution in [0.1, 0.15) is 5.56 Å². The van der Waals surface area contributed by atoms with Crippen molar-refractivity contribution in [2.75, 3.05) is 6.79 Å². The van der Waals surface area contributed by atoms with Crippen LogP contribution in [-0.2, 0) is 6.18 Å². The molecule has 0 radical (unpaired) electrons. The maximum absolute atomic E-state index is 13.0. The minimum atomic E-state index is -4.46. The lowest BCUT2D eigenvalue weighted by molar-refractivity contribution is -0.137. The molecule has 2 aromatic carbocycles. The molecule has 0 unspecified atom stereocenters. The topological polar surface area (TPSA) is 40.8 Å². The van der Waals surface area contributed by atoms with Crippen molar-refractivity contribution in [2.24, 2.45) is 0 Å². The summed E-state index contributed by atoms with van der Waals surface area (Å²) in [4.78, 5) is 0. The van der Waals surface area contributed by atoms with Crippen LogP contribution in [-0.4, -0.2) is 6.79 Å². The van der Waals surface area contributed by atoms with Crippen LogP contribution in [0.2, 0.25) is 0 Å². The zero-order chi connectivity index (χ0) is 17.4. The van der Waals surface area contributed by atoms with Gasteiger partial charge in [-0.2, -0.15) is 13.2 Å². The third-order valence-electron chi connectivity index (χ3n) is 3.67. The predicted molar refractivity (Wildman–Crippen MR) is 81.8 cm³/mol. The predicted octanol–water partition coefficient (Wildman–Crippen LogP) is 5.49. The van der Waals surface area contributed by atoms with E-state index in [4.69, 9.17) is 18.6 Å². The maximum atomic E-state index is 13.0. The van der Waals surface area contributed by atoms with Crippen LogP contribution in [0.25, 0.3) is 11.3 Å². The van der Waals surface area contributed by atoms with Gasteiger partial charge in [0, 0.05) is 6.07 Å². The second kappa shape index (κ2) is 5.77. The molecule has 4 nitrogen and oxygen atoms in total. The van der Waals surface area contributed by atoms with E-state index < -0.39 is 11.7 Å². The van der Waals surface area contributed by atoms with E-state index in [1.807, 2.05) is 0 Å². The van der Waals surface area contributed by atoms with Gasteiger partial charge in [0.1, 0.15) is 17.3 Å². The summed E-state index contributed by atoms with van der Waals surface area (Å²) in [5.41, 5.74) is -0.575. The van der Waals surface area contributed by atoms with Crippen LogP contribution in [0.5, 0.6) is 23.0 Å². The molecule has 0 saturated heterocycles. The number of fused-ring (bicyclic) bond motifs is 1. The molecule has 0 N–H and O–H groups in total. The second-order valence-corrected chi connectivity index (χ2v) is 5.30. The molecule has 0 atom stereocenters. The van der Waals surface area contributed by atoms with Gasteiger partial charge in [-0.25, -0.2) is 0 Å². The van der Waals surface area contributed by atoms with Crippen LogP contribution in [0.4, 0.5) is 13.2 Å². The first-order chi connectivity index (χ1) is 12.0.